The van der Waals surface area contributed by atoms with E-state index in [1.54, 1.807) is 0 Å². The molecule has 0 aliphatic heterocycles. The molecule has 0 fully saturated rings. The standard InChI is InChI=1S/C4H9NO/c1-2-4(6)3-5/h2,4,6H,1,3,5H2/t4-/m0/s1. The molecule has 0 radical (unpaired) electrons. The van der Waals surface area contributed by atoms with Crippen molar-refractivity contribution in [3.8, 4) is 0 Å². The number of aliphatic hydroxyl groups excluding tert-OH is 1. The number of nitrogens with two attached hydrogens (primary N) is 1. The van der Waals surface area contributed by atoms with Gasteiger partial charge in [-0.15, -0.1) is 6.58 Å². The molecule has 1 atom stereocenters. The molecule has 0 aliphatic rings. The van der Waals surface area contributed by atoms with Crippen LogP contribution in [0.5, 0.6) is 0 Å². The molecule has 0 aromatic rings. The van der Waals surface area contributed by atoms with E-state index < -0.39 is 6.10 Å². The molecule has 2 nitrogen and oxygen atoms in total. The van der Waals surface area contributed by atoms with Gasteiger partial charge in [-0.25, -0.2) is 0 Å². The topological polar surface area (TPSA) is 46.2 Å². The first-order valence-corrected chi connectivity index (χ1v) is 1.82. The van der Waals surface area contributed by atoms with Gasteiger partial charge in [-0.2, -0.15) is 0 Å². The normalized spacial score (nSPS) is 13.7. The average molecular weight is 87.1 g/mol. The first kappa shape index (κ1) is 5.66. The van der Waals surface area contributed by atoms with Crippen LogP contribution in [0.3, 0.4) is 0 Å². The van der Waals surface area contributed by atoms with E-state index in [9.17, 15) is 0 Å². The number of hydrogen-bond acceptors (Lipinski definition) is 2. The summed E-state index contributed by atoms with van der Waals surface area (Å²) in [5.74, 6) is 0. The van der Waals surface area contributed by atoms with Crippen LogP contribution in [0.1, 0.15) is 0 Å². The summed E-state index contributed by atoms with van der Waals surface area (Å²) in [7, 11) is 0. The van der Waals surface area contributed by atoms with E-state index in [0.717, 1.165) is 0 Å². The van der Waals surface area contributed by atoms with Crippen molar-refractivity contribution in [3.05, 3.63) is 12.7 Å². The first-order chi connectivity index (χ1) is 2.81. The molecular formula is C4H9NO. The summed E-state index contributed by atoms with van der Waals surface area (Å²) in [6, 6.07) is 0. The smallest absolute Gasteiger partial charge is 0.0840 e. The summed E-state index contributed by atoms with van der Waals surface area (Å²) in [6.07, 6.45) is 0.880. The fourth-order valence-electron chi connectivity index (χ4n) is 0.0962. The zero-order chi connectivity index (χ0) is 4.99. The van der Waals surface area contributed by atoms with Gasteiger partial charge in [0.25, 0.3) is 0 Å². The minimum Gasteiger partial charge on any atom is -0.388 e. The van der Waals surface area contributed by atoms with E-state index in [0.29, 0.717) is 0 Å². The van der Waals surface area contributed by atoms with Crippen LogP contribution in [0.4, 0.5) is 0 Å². The van der Waals surface area contributed by atoms with Gasteiger partial charge in [-0.3, -0.25) is 0 Å². The molecule has 0 heterocycles. The molecule has 0 bridgehead atoms. The Balaban J connectivity index is 2.96. The van der Waals surface area contributed by atoms with Gasteiger partial charge < -0.3 is 10.8 Å². The molecule has 0 saturated carbocycles. The van der Waals surface area contributed by atoms with Crippen molar-refractivity contribution >= 4 is 0 Å². The first-order valence-electron chi connectivity index (χ1n) is 1.82. The van der Waals surface area contributed by atoms with Gasteiger partial charge in [0.15, 0.2) is 0 Å². The Kier molecular flexibility index (Phi) is 2.71. The third kappa shape index (κ3) is 1.93. The second kappa shape index (κ2) is 2.87. The maximum absolute atomic E-state index is 8.42. The molecule has 0 unspecified atom stereocenters. The molecule has 0 saturated heterocycles. The van der Waals surface area contributed by atoms with Gasteiger partial charge >= 0.3 is 0 Å². The van der Waals surface area contributed by atoms with Crippen LogP contribution < -0.4 is 5.73 Å². The molecule has 0 amide bonds. The third-order valence-electron chi connectivity index (χ3n) is 0.514. The van der Waals surface area contributed by atoms with E-state index in [-0.39, 0.29) is 6.54 Å². The minimum atomic E-state index is -0.523. The largest absolute Gasteiger partial charge is 0.388 e. The fourth-order valence-corrected chi connectivity index (χ4v) is 0.0962. The molecule has 0 aromatic carbocycles. The molecular weight excluding hydrogens is 78.1 g/mol. The Labute approximate surface area is 37.3 Å². The van der Waals surface area contributed by atoms with E-state index in [1.807, 2.05) is 0 Å². The molecule has 3 N–H and O–H groups in total. The predicted octanol–water partition coefficient (Wildman–Crippen LogP) is -0.508. The Morgan fingerprint density at radius 2 is 2.50 bits per heavy atom. The summed E-state index contributed by atoms with van der Waals surface area (Å²) in [5.41, 5.74) is 4.96. The second-order valence-electron chi connectivity index (χ2n) is 1.04. The van der Waals surface area contributed by atoms with Crippen molar-refractivity contribution in [2.24, 2.45) is 5.73 Å². The van der Waals surface area contributed by atoms with Crippen LogP contribution in [0.2, 0.25) is 0 Å². The average Bonchev–Trinajstić information content (AvgIpc) is 1.65. The highest BCUT2D eigenvalue weighted by molar-refractivity contribution is 4.77. The van der Waals surface area contributed by atoms with Crippen LogP contribution in [-0.4, -0.2) is 17.8 Å². The Bertz CT molecular complexity index is 44.8. The third-order valence-corrected chi connectivity index (χ3v) is 0.514. The highest BCUT2D eigenvalue weighted by Crippen LogP contribution is 1.73. The molecule has 0 rings (SSSR count). The monoisotopic (exact) mass is 87.1 g/mol. The van der Waals surface area contributed by atoms with Gasteiger partial charge in [-0.1, -0.05) is 6.08 Å². The van der Waals surface area contributed by atoms with E-state index in [2.05, 4.69) is 6.58 Å². The van der Waals surface area contributed by atoms with E-state index >= 15 is 0 Å². The maximum Gasteiger partial charge on any atom is 0.0840 e. The summed E-state index contributed by atoms with van der Waals surface area (Å²) in [4.78, 5) is 0. The van der Waals surface area contributed by atoms with Crippen molar-refractivity contribution in [1.82, 2.24) is 0 Å². The van der Waals surface area contributed by atoms with Gasteiger partial charge in [0.05, 0.1) is 6.10 Å². The number of rotatable bonds is 2. The number of hydrogen-bond donors (Lipinski definition) is 2. The SMILES string of the molecule is C=C[C@H](O)CN. The predicted molar refractivity (Wildman–Crippen MR) is 25.3 cm³/mol. The van der Waals surface area contributed by atoms with Gasteiger partial charge in [0.2, 0.25) is 0 Å². The molecule has 0 aromatic heterocycles. The van der Waals surface area contributed by atoms with Crippen molar-refractivity contribution in [2.75, 3.05) is 6.54 Å². The van der Waals surface area contributed by atoms with E-state index in [1.165, 1.54) is 6.08 Å². The molecule has 36 valence electrons. The lowest BCUT2D eigenvalue weighted by Gasteiger charge is -1.93. The molecule has 2 heteroatoms. The lowest BCUT2D eigenvalue weighted by molar-refractivity contribution is 0.232. The molecule has 0 aliphatic carbocycles. The van der Waals surface area contributed by atoms with Crippen LogP contribution >= 0.6 is 0 Å². The van der Waals surface area contributed by atoms with Crippen LogP contribution in [0.25, 0.3) is 0 Å². The summed E-state index contributed by atoms with van der Waals surface area (Å²) < 4.78 is 0. The Hall–Kier alpha value is -0.340. The fraction of sp³-hybridized carbons (Fsp3) is 0.500. The highest BCUT2D eigenvalue weighted by atomic mass is 16.3. The van der Waals surface area contributed by atoms with Gasteiger partial charge in [0, 0.05) is 6.54 Å². The Morgan fingerprint density at radius 1 is 2.00 bits per heavy atom. The molecule has 0 spiro atoms. The second-order valence-corrected chi connectivity index (χ2v) is 1.04. The Morgan fingerprint density at radius 3 is 2.50 bits per heavy atom. The van der Waals surface area contributed by atoms with Crippen molar-refractivity contribution in [3.63, 3.8) is 0 Å². The lowest BCUT2D eigenvalue weighted by atomic mass is 10.4. The van der Waals surface area contributed by atoms with Crippen molar-refractivity contribution in [1.29, 1.82) is 0 Å². The quantitative estimate of drug-likeness (QED) is 0.446. The summed E-state index contributed by atoms with van der Waals surface area (Å²) >= 11 is 0. The zero-order valence-corrected chi connectivity index (χ0v) is 3.59. The van der Waals surface area contributed by atoms with Crippen molar-refractivity contribution < 1.29 is 5.11 Å². The van der Waals surface area contributed by atoms with Gasteiger partial charge in [0.1, 0.15) is 0 Å². The van der Waals surface area contributed by atoms with E-state index in [4.69, 9.17) is 10.8 Å². The van der Waals surface area contributed by atoms with Gasteiger partial charge in [-0.05, 0) is 0 Å². The lowest BCUT2D eigenvalue weighted by Crippen LogP contribution is -2.15. The number of aliphatic hydroxyl groups is 1. The van der Waals surface area contributed by atoms with Crippen LogP contribution in [0, 0.1) is 0 Å². The summed E-state index contributed by atoms with van der Waals surface area (Å²) in [5, 5.41) is 8.42. The van der Waals surface area contributed by atoms with Crippen LogP contribution in [0.15, 0.2) is 12.7 Å². The van der Waals surface area contributed by atoms with Crippen LogP contribution in [-0.2, 0) is 0 Å². The maximum atomic E-state index is 8.42. The van der Waals surface area contributed by atoms with Crippen molar-refractivity contribution in [2.45, 2.75) is 6.10 Å². The zero-order valence-electron chi connectivity index (χ0n) is 3.59. The summed E-state index contributed by atoms with van der Waals surface area (Å²) in [6.45, 7) is 3.57. The minimum absolute atomic E-state index is 0.267. The molecule has 6 heavy (non-hydrogen) atoms. The highest BCUT2D eigenvalue weighted by Gasteiger charge is 1.86.